The number of anilines is 1. The van der Waals surface area contributed by atoms with Crippen LogP contribution in [-0.2, 0) is 0 Å². The fourth-order valence-corrected chi connectivity index (χ4v) is 3.39. The number of nitrogens with zero attached hydrogens (tertiary/aromatic N) is 2. The second-order valence-electron chi connectivity index (χ2n) is 4.27. The van der Waals surface area contributed by atoms with Gasteiger partial charge in [-0.3, -0.25) is 0 Å². The van der Waals surface area contributed by atoms with Crippen LogP contribution in [-0.4, -0.2) is 9.97 Å². The highest BCUT2D eigenvalue weighted by molar-refractivity contribution is 9.11. The summed E-state index contributed by atoms with van der Waals surface area (Å²) in [5, 5.41) is 4.51. The van der Waals surface area contributed by atoms with Crippen LogP contribution < -0.4 is 5.32 Å². The number of halogens is 1. The fraction of sp³-hybridized carbons (Fsp3) is 0.143. The standard InChI is InChI=1S/C14H12BrN3S/c1-9(10-5-3-2-4-6-10)18-13-11-7-12(15)19-14(11)17-8-16-13/h2-9H,1H3,(H,16,17,18)/t9-/m0/s1. The molecule has 0 amide bonds. The van der Waals surface area contributed by atoms with Crippen LogP contribution in [0.5, 0.6) is 0 Å². The second kappa shape index (κ2) is 5.27. The first kappa shape index (κ1) is 12.6. The average molecular weight is 334 g/mol. The van der Waals surface area contributed by atoms with Crippen LogP contribution in [0.25, 0.3) is 10.2 Å². The Hall–Kier alpha value is -1.46. The lowest BCUT2D eigenvalue weighted by Crippen LogP contribution is -2.08. The molecule has 0 saturated carbocycles. The van der Waals surface area contributed by atoms with Crippen LogP contribution >= 0.6 is 27.3 Å². The predicted molar refractivity (Wildman–Crippen MR) is 83.6 cm³/mol. The van der Waals surface area contributed by atoms with Gasteiger partial charge in [-0.15, -0.1) is 11.3 Å². The van der Waals surface area contributed by atoms with Gasteiger partial charge in [0.1, 0.15) is 17.0 Å². The maximum atomic E-state index is 4.35. The number of thiophene rings is 1. The third-order valence-corrected chi connectivity index (χ3v) is 4.50. The minimum atomic E-state index is 0.206. The van der Waals surface area contributed by atoms with Crippen LogP contribution in [0.15, 0.2) is 46.5 Å². The van der Waals surface area contributed by atoms with Crippen molar-refractivity contribution in [3.8, 4) is 0 Å². The molecule has 3 rings (SSSR count). The first-order chi connectivity index (χ1) is 9.24. The summed E-state index contributed by atoms with van der Waals surface area (Å²) in [6.45, 7) is 2.13. The third-order valence-electron chi connectivity index (χ3n) is 2.95. The lowest BCUT2D eigenvalue weighted by atomic mass is 10.1. The van der Waals surface area contributed by atoms with E-state index in [1.54, 1.807) is 17.7 Å². The zero-order valence-electron chi connectivity index (χ0n) is 10.3. The fourth-order valence-electron chi connectivity index (χ4n) is 1.97. The van der Waals surface area contributed by atoms with E-state index in [2.05, 4.69) is 56.3 Å². The van der Waals surface area contributed by atoms with Gasteiger partial charge in [0.15, 0.2) is 0 Å². The van der Waals surface area contributed by atoms with E-state index < -0.39 is 0 Å². The molecule has 3 nitrogen and oxygen atoms in total. The normalized spacial score (nSPS) is 12.5. The van der Waals surface area contributed by atoms with Crippen LogP contribution in [0.4, 0.5) is 5.82 Å². The average Bonchev–Trinajstić information content (AvgIpc) is 2.81. The van der Waals surface area contributed by atoms with Crippen LogP contribution in [0.2, 0.25) is 0 Å². The van der Waals surface area contributed by atoms with Gasteiger partial charge in [-0.25, -0.2) is 9.97 Å². The Labute approximate surface area is 123 Å². The Balaban J connectivity index is 1.93. The summed E-state index contributed by atoms with van der Waals surface area (Å²) in [5.41, 5.74) is 1.24. The number of hydrogen-bond donors (Lipinski definition) is 1. The van der Waals surface area contributed by atoms with Crippen LogP contribution in [0.3, 0.4) is 0 Å². The van der Waals surface area contributed by atoms with Crippen molar-refractivity contribution in [1.29, 1.82) is 0 Å². The molecule has 1 N–H and O–H groups in total. The monoisotopic (exact) mass is 333 g/mol. The summed E-state index contributed by atoms with van der Waals surface area (Å²) in [7, 11) is 0. The van der Waals surface area contributed by atoms with E-state index in [1.807, 2.05) is 18.2 Å². The molecule has 0 spiro atoms. The summed E-state index contributed by atoms with van der Waals surface area (Å²) in [4.78, 5) is 9.62. The maximum absolute atomic E-state index is 4.35. The van der Waals surface area contributed by atoms with Gasteiger partial charge in [0, 0.05) is 6.04 Å². The van der Waals surface area contributed by atoms with Crippen LogP contribution in [0, 0.1) is 0 Å². The quantitative estimate of drug-likeness (QED) is 0.759. The molecule has 0 saturated heterocycles. The van der Waals surface area contributed by atoms with Crippen LogP contribution in [0.1, 0.15) is 18.5 Å². The zero-order valence-corrected chi connectivity index (χ0v) is 12.7. The maximum Gasteiger partial charge on any atom is 0.138 e. The number of fused-ring (bicyclic) bond motifs is 1. The largest absolute Gasteiger partial charge is 0.363 e. The summed E-state index contributed by atoms with van der Waals surface area (Å²) >= 11 is 5.11. The van der Waals surface area contributed by atoms with Gasteiger partial charge in [0.05, 0.1) is 9.17 Å². The molecule has 2 heterocycles. The van der Waals surface area contributed by atoms with Crippen molar-refractivity contribution in [2.45, 2.75) is 13.0 Å². The Kier molecular flexibility index (Phi) is 3.48. The molecular weight excluding hydrogens is 322 g/mol. The second-order valence-corrected chi connectivity index (χ2v) is 6.68. The van der Waals surface area contributed by atoms with E-state index in [9.17, 15) is 0 Å². The Morgan fingerprint density at radius 2 is 2.00 bits per heavy atom. The summed E-state index contributed by atoms with van der Waals surface area (Å²) in [6, 6.07) is 12.6. The van der Waals surface area contributed by atoms with Gasteiger partial charge in [0.2, 0.25) is 0 Å². The SMILES string of the molecule is C[C@H](Nc1ncnc2sc(Br)cc12)c1ccccc1. The molecule has 96 valence electrons. The van der Waals surface area contributed by atoms with Gasteiger partial charge in [-0.2, -0.15) is 0 Å². The van der Waals surface area contributed by atoms with Gasteiger partial charge >= 0.3 is 0 Å². The van der Waals surface area contributed by atoms with Crippen molar-refractivity contribution < 1.29 is 0 Å². The highest BCUT2D eigenvalue weighted by Crippen LogP contribution is 2.32. The van der Waals surface area contributed by atoms with E-state index >= 15 is 0 Å². The molecule has 0 fully saturated rings. The highest BCUT2D eigenvalue weighted by atomic mass is 79.9. The summed E-state index contributed by atoms with van der Waals surface area (Å²) in [6.07, 6.45) is 1.60. The van der Waals surface area contributed by atoms with Gasteiger partial charge in [-0.1, -0.05) is 30.3 Å². The minimum absolute atomic E-state index is 0.206. The first-order valence-corrected chi connectivity index (χ1v) is 7.56. The van der Waals surface area contributed by atoms with Crippen molar-refractivity contribution in [1.82, 2.24) is 9.97 Å². The van der Waals surface area contributed by atoms with E-state index in [-0.39, 0.29) is 6.04 Å². The third kappa shape index (κ3) is 2.62. The van der Waals surface area contributed by atoms with Crippen molar-refractivity contribution in [2.24, 2.45) is 0 Å². The number of benzene rings is 1. The summed E-state index contributed by atoms with van der Waals surface area (Å²) in [5.74, 6) is 0.878. The van der Waals surface area contributed by atoms with Gasteiger partial charge in [0.25, 0.3) is 0 Å². The number of aromatic nitrogens is 2. The topological polar surface area (TPSA) is 37.8 Å². The van der Waals surface area contributed by atoms with Gasteiger partial charge < -0.3 is 5.32 Å². The molecule has 2 aromatic heterocycles. The van der Waals surface area contributed by atoms with Gasteiger partial charge in [-0.05, 0) is 34.5 Å². The molecule has 0 radical (unpaired) electrons. The smallest absolute Gasteiger partial charge is 0.138 e. The lowest BCUT2D eigenvalue weighted by molar-refractivity contribution is 0.876. The Morgan fingerprint density at radius 3 is 2.79 bits per heavy atom. The molecular formula is C14H12BrN3S. The molecule has 0 aliphatic rings. The number of nitrogens with one attached hydrogen (secondary N) is 1. The van der Waals surface area contributed by atoms with Crippen molar-refractivity contribution in [3.05, 3.63) is 52.1 Å². The Morgan fingerprint density at radius 1 is 1.21 bits per heavy atom. The molecule has 0 aliphatic heterocycles. The van der Waals surface area contributed by atoms with Crippen molar-refractivity contribution >= 4 is 43.3 Å². The molecule has 1 aromatic carbocycles. The number of hydrogen-bond acceptors (Lipinski definition) is 4. The molecule has 0 aliphatic carbocycles. The first-order valence-electron chi connectivity index (χ1n) is 5.95. The predicted octanol–water partition coefficient (Wildman–Crippen LogP) is 4.63. The molecule has 0 bridgehead atoms. The zero-order chi connectivity index (χ0) is 13.2. The highest BCUT2D eigenvalue weighted by Gasteiger charge is 2.10. The number of rotatable bonds is 3. The molecule has 0 unspecified atom stereocenters. The minimum Gasteiger partial charge on any atom is -0.363 e. The molecule has 19 heavy (non-hydrogen) atoms. The van der Waals surface area contributed by atoms with E-state index in [0.717, 1.165) is 19.8 Å². The lowest BCUT2D eigenvalue weighted by Gasteiger charge is -2.15. The Bertz CT molecular complexity index is 696. The van der Waals surface area contributed by atoms with Crippen molar-refractivity contribution in [3.63, 3.8) is 0 Å². The van der Waals surface area contributed by atoms with E-state index in [0.29, 0.717) is 0 Å². The molecule has 5 heteroatoms. The summed E-state index contributed by atoms with van der Waals surface area (Å²) < 4.78 is 1.07. The van der Waals surface area contributed by atoms with E-state index in [1.165, 1.54) is 5.56 Å². The van der Waals surface area contributed by atoms with Crippen molar-refractivity contribution in [2.75, 3.05) is 5.32 Å². The molecule has 3 aromatic rings. The van der Waals surface area contributed by atoms with E-state index in [4.69, 9.17) is 0 Å². The molecule has 1 atom stereocenters.